The number of furan rings is 1. The number of imidazole rings is 2. The molecular weight excluding hydrogens is 925 g/mol. The summed E-state index contributed by atoms with van der Waals surface area (Å²) in [5.41, 5.74) is 14.0. The van der Waals surface area contributed by atoms with Crippen molar-refractivity contribution in [1.29, 1.82) is 0 Å². The van der Waals surface area contributed by atoms with Gasteiger partial charge in [0.2, 0.25) is 0 Å². The molecule has 0 aliphatic rings. The summed E-state index contributed by atoms with van der Waals surface area (Å²) in [6, 6.07) is 63.4. The van der Waals surface area contributed by atoms with E-state index >= 15 is 0 Å². The van der Waals surface area contributed by atoms with Crippen molar-refractivity contribution in [3.63, 3.8) is 0 Å². The Kier molecular flexibility index (Phi) is 10.8. The molecule has 6 heteroatoms. The summed E-state index contributed by atoms with van der Waals surface area (Å²) < 4.78 is 10.9. The first kappa shape index (κ1) is 39.8. The maximum Gasteiger partial charge on any atom is 0.120 e. The topological polar surface area (TPSA) is 48.8 Å². The van der Waals surface area contributed by atoms with Crippen molar-refractivity contribution in [2.45, 2.75) is 46.5 Å². The van der Waals surface area contributed by atoms with E-state index in [9.17, 15) is 0 Å². The van der Waals surface area contributed by atoms with E-state index < -0.39 is 0 Å². The molecule has 3 heterocycles. The van der Waals surface area contributed by atoms with Crippen molar-refractivity contribution >= 4 is 54.8 Å². The second kappa shape index (κ2) is 16.5. The first-order valence-corrected chi connectivity index (χ1v) is 20.7. The number of nitrogens with zero attached hydrogens (tertiary/aromatic N) is 4. The summed E-state index contributed by atoms with van der Waals surface area (Å²) in [5, 5.41) is 4.61. The molecule has 11 aromatic rings. The maximum absolute atomic E-state index is 6.34. The Morgan fingerprint density at radius 1 is 0.541 bits per heavy atom. The number of rotatable bonds is 6. The van der Waals surface area contributed by atoms with Gasteiger partial charge in [0.1, 0.15) is 5.58 Å². The fourth-order valence-corrected chi connectivity index (χ4v) is 8.61. The largest absolute Gasteiger partial charge is 0.501 e. The Labute approximate surface area is 369 Å². The Hall–Kier alpha value is -6.59. The molecule has 0 unspecified atom stereocenters. The van der Waals surface area contributed by atoms with Crippen LogP contribution in [0.15, 0.2) is 168 Å². The third kappa shape index (κ3) is 7.06. The summed E-state index contributed by atoms with van der Waals surface area (Å²) in [7, 11) is 0. The van der Waals surface area contributed by atoms with Gasteiger partial charge in [-0.3, -0.25) is 9.97 Å². The molecule has 0 aliphatic carbocycles. The van der Waals surface area contributed by atoms with Gasteiger partial charge < -0.3 is 13.6 Å². The molecule has 0 fully saturated rings. The minimum absolute atomic E-state index is 0. The van der Waals surface area contributed by atoms with Gasteiger partial charge in [-0.2, -0.15) is 0 Å². The molecule has 11 rings (SSSR count). The molecule has 0 bridgehead atoms. The van der Waals surface area contributed by atoms with Crippen LogP contribution in [-0.4, -0.2) is 19.1 Å². The summed E-state index contributed by atoms with van der Waals surface area (Å²) in [4.78, 5) is 10.1. The molecule has 0 amide bonds. The van der Waals surface area contributed by atoms with E-state index in [-0.39, 0.29) is 20.1 Å². The van der Waals surface area contributed by atoms with Gasteiger partial charge in [0.15, 0.2) is 0 Å². The van der Waals surface area contributed by atoms with Crippen LogP contribution in [0.1, 0.15) is 56.2 Å². The van der Waals surface area contributed by atoms with Crippen molar-refractivity contribution in [3.05, 3.63) is 193 Å². The van der Waals surface area contributed by atoms with Crippen LogP contribution >= 0.6 is 0 Å². The van der Waals surface area contributed by atoms with Crippen molar-refractivity contribution < 1.29 is 24.5 Å². The van der Waals surface area contributed by atoms with Gasteiger partial charge in [-0.25, -0.2) is 0 Å². The molecule has 0 saturated heterocycles. The molecule has 5 nitrogen and oxygen atoms in total. The predicted octanol–water partition coefficient (Wildman–Crippen LogP) is 14.6. The zero-order valence-electron chi connectivity index (χ0n) is 34.8. The molecule has 301 valence electrons. The average molecular weight is 969 g/mol. The molecule has 3 aromatic heterocycles. The van der Waals surface area contributed by atoms with E-state index in [4.69, 9.17) is 14.4 Å². The Morgan fingerprint density at radius 3 is 1.84 bits per heavy atom. The molecule has 0 saturated carbocycles. The Balaban J connectivity index is 0.000000157. The molecule has 8 aromatic carbocycles. The standard InChI is InChI=1S/C30H19N2O.C25H25N2.Ir/c1-19-17-20-9-2-3-10-21(20)18-27(19)32-26-15-6-5-14-25(26)31-30(32)24-13-8-12-23-22-11-4-7-16-28(22)33-29(23)24;1-17(2)20-13-10-14-21(18(3)4)24(20)27-23-16-9-8-15-22(23)26-25(27)19-11-6-5-7-12-19;/h2-12,14-18H,1H3;5-11,13-18H,1-4H3;/q2*-1;. The van der Waals surface area contributed by atoms with Crippen LogP contribution in [0.25, 0.3) is 88.9 Å². The van der Waals surface area contributed by atoms with Crippen LogP contribution in [-0.2, 0) is 20.1 Å². The smallest absolute Gasteiger partial charge is 0.120 e. The van der Waals surface area contributed by atoms with Crippen LogP contribution in [0.3, 0.4) is 0 Å². The van der Waals surface area contributed by atoms with Crippen LogP contribution in [0, 0.1) is 19.1 Å². The number of hydrogen-bond donors (Lipinski definition) is 0. The number of aromatic nitrogens is 4. The normalized spacial score (nSPS) is 11.5. The molecule has 1 radical (unpaired) electrons. The number of aryl methyl sites for hydroxylation is 1. The first-order chi connectivity index (χ1) is 29.4. The van der Waals surface area contributed by atoms with Crippen molar-refractivity contribution in [2.24, 2.45) is 0 Å². The maximum atomic E-state index is 6.34. The van der Waals surface area contributed by atoms with E-state index in [1.807, 2.05) is 48.5 Å². The monoisotopic (exact) mass is 969 g/mol. The molecule has 0 spiro atoms. The van der Waals surface area contributed by atoms with Crippen LogP contribution in [0.2, 0.25) is 0 Å². The SMILES string of the molecule is CC(C)c1cccc(C(C)C)c1-n1c(-c2[c-]cccc2)nc2ccccc21.Cc1cc2ccccc2cc1-n1c(-c2[c-]ccc3c2oc2ccccc23)nc2ccccc21.[Ir]. The van der Waals surface area contributed by atoms with Gasteiger partial charge in [0.05, 0.1) is 39.3 Å². The molecular formula is C55H44IrN4O-2. The van der Waals surface area contributed by atoms with Crippen LogP contribution < -0.4 is 0 Å². The summed E-state index contributed by atoms with van der Waals surface area (Å²) in [5.74, 6) is 2.63. The molecule has 0 atom stereocenters. The van der Waals surface area contributed by atoms with Crippen molar-refractivity contribution in [2.75, 3.05) is 0 Å². The average Bonchev–Trinajstić information content (AvgIpc) is 3.98. The number of hydrogen-bond acceptors (Lipinski definition) is 3. The van der Waals surface area contributed by atoms with Gasteiger partial charge in [0.25, 0.3) is 0 Å². The van der Waals surface area contributed by atoms with Crippen molar-refractivity contribution in [3.8, 4) is 34.2 Å². The van der Waals surface area contributed by atoms with E-state index in [1.165, 1.54) is 33.2 Å². The molecule has 0 N–H and O–H groups in total. The second-order valence-electron chi connectivity index (χ2n) is 16.1. The Bertz CT molecular complexity index is 3330. The first-order valence-electron chi connectivity index (χ1n) is 20.7. The van der Waals surface area contributed by atoms with E-state index in [1.54, 1.807) is 0 Å². The fourth-order valence-electron chi connectivity index (χ4n) is 8.61. The quantitative estimate of drug-likeness (QED) is 0.156. The van der Waals surface area contributed by atoms with Gasteiger partial charge >= 0.3 is 0 Å². The third-order valence-electron chi connectivity index (χ3n) is 11.5. The summed E-state index contributed by atoms with van der Waals surface area (Å²) in [6.07, 6.45) is 0. The van der Waals surface area contributed by atoms with E-state index in [0.717, 1.165) is 72.5 Å². The number of para-hydroxylation sites is 6. The van der Waals surface area contributed by atoms with Crippen LogP contribution in [0.4, 0.5) is 0 Å². The minimum Gasteiger partial charge on any atom is -0.501 e. The second-order valence-corrected chi connectivity index (χ2v) is 16.1. The van der Waals surface area contributed by atoms with Crippen molar-refractivity contribution in [1.82, 2.24) is 19.1 Å². The zero-order chi connectivity index (χ0) is 40.9. The summed E-state index contributed by atoms with van der Waals surface area (Å²) in [6.45, 7) is 11.2. The Morgan fingerprint density at radius 2 is 1.15 bits per heavy atom. The zero-order valence-corrected chi connectivity index (χ0v) is 37.2. The van der Waals surface area contributed by atoms with Crippen LogP contribution in [0.5, 0.6) is 0 Å². The van der Waals surface area contributed by atoms with Gasteiger partial charge in [0, 0.05) is 36.9 Å². The molecule has 61 heavy (non-hydrogen) atoms. The number of benzene rings is 8. The fraction of sp³-hybridized carbons (Fsp3) is 0.127. The predicted molar refractivity (Wildman–Crippen MR) is 248 cm³/mol. The van der Waals surface area contributed by atoms with Gasteiger partial charge in [-0.1, -0.05) is 124 Å². The third-order valence-corrected chi connectivity index (χ3v) is 11.5. The van der Waals surface area contributed by atoms with Gasteiger partial charge in [-0.05, 0) is 88.7 Å². The van der Waals surface area contributed by atoms with E-state index in [2.05, 4.69) is 171 Å². The molecule has 0 aliphatic heterocycles. The van der Waals surface area contributed by atoms with Gasteiger partial charge in [-0.15, -0.1) is 54.1 Å². The van der Waals surface area contributed by atoms with E-state index in [0.29, 0.717) is 11.8 Å². The number of fused-ring (bicyclic) bond motifs is 6. The minimum atomic E-state index is 0. The summed E-state index contributed by atoms with van der Waals surface area (Å²) >= 11 is 0.